The van der Waals surface area contributed by atoms with E-state index >= 15 is 0 Å². The lowest BCUT2D eigenvalue weighted by Gasteiger charge is -2.52. The molecule has 0 aromatic heterocycles. The second-order valence-electron chi connectivity index (χ2n) is 9.72. The third kappa shape index (κ3) is 3.83. The molecule has 0 aromatic rings. The molecular formula is C20H39NO4Si. The molecule has 2 fully saturated rings. The Labute approximate surface area is 160 Å². The molecule has 0 unspecified atom stereocenters. The van der Waals surface area contributed by atoms with Gasteiger partial charge in [-0.05, 0) is 43.8 Å². The molecule has 5 nitrogen and oxygen atoms in total. The van der Waals surface area contributed by atoms with Gasteiger partial charge in [0.25, 0.3) is 0 Å². The highest BCUT2D eigenvalue weighted by Crippen LogP contribution is 2.51. The van der Waals surface area contributed by atoms with Crippen molar-refractivity contribution in [3.8, 4) is 0 Å². The Bertz CT molecular complexity index is 505. The maximum atomic E-state index is 12.6. The average Bonchev–Trinajstić information content (AvgIpc) is 2.83. The van der Waals surface area contributed by atoms with E-state index < -0.39 is 14.4 Å². The number of carbonyl (C=O) groups is 1. The number of carbonyl (C=O) groups excluding carboxylic acids is 1. The van der Waals surface area contributed by atoms with E-state index in [1.54, 1.807) is 0 Å². The predicted molar refractivity (Wildman–Crippen MR) is 107 cm³/mol. The maximum Gasteiger partial charge on any atom is 0.410 e. The fourth-order valence-corrected chi connectivity index (χ4v) is 5.57. The van der Waals surface area contributed by atoms with Crippen LogP contribution in [0, 0.1) is 5.92 Å². The second kappa shape index (κ2) is 7.80. The van der Waals surface area contributed by atoms with Crippen molar-refractivity contribution in [2.75, 3.05) is 13.7 Å². The van der Waals surface area contributed by atoms with Crippen LogP contribution in [0.15, 0.2) is 0 Å². The summed E-state index contributed by atoms with van der Waals surface area (Å²) in [7, 11) is -0.455. The lowest BCUT2D eigenvalue weighted by atomic mass is 9.73. The minimum Gasteiger partial charge on any atom is -0.453 e. The molecule has 0 aromatic carbocycles. The SMILES string of the molecule is CCCC[C@@]12CC[C@@H](C[C@@H](O)[C@@H]1CO[Si](C)(C)C(C)(C)C)N2C(=O)OC. The summed E-state index contributed by atoms with van der Waals surface area (Å²) in [6.07, 6.45) is 4.91. The third-order valence-corrected chi connectivity index (χ3v) is 11.7. The first-order chi connectivity index (χ1) is 12.0. The Morgan fingerprint density at radius 1 is 1.35 bits per heavy atom. The van der Waals surface area contributed by atoms with Crippen molar-refractivity contribution in [1.29, 1.82) is 0 Å². The normalized spacial score (nSPS) is 32.0. The second-order valence-corrected chi connectivity index (χ2v) is 14.5. The van der Waals surface area contributed by atoms with Crippen LogP contribution in [0.5, 0.6) is 0 Å². The molecule has 0 saturated carbocycles. The number of nitrogens with zero attached hydrogens (tertiary/aromatic N) is 1. The van der Waals surface area contributed by atoms with Gasteiger partial charge in [0.05, 0.1) is 18.8 Å². The minimum atomic E-state index is -1.91. The molecule has 1 N–H and O–H groups in total. The topological polar surface area (TPSA) is 59.0 Å². The van der Waals surface area contributed by atoms with Gasteiger partial charge in [0.2, 0.25) is 0 Å². The number of hydrogen-bond donors (Lipinski definition) is 1. The van der Waals surface area contributed by atoms with E-state index in [1.807, 2.05) is 4.90 Å². The van der Waals surface area contributed by atoms with Crippen LogP contribution in [0.3, 0.4) is 0 Å². The van der Waals surface area contributed by atoms with Crippen molar-refractivity contribution in [2.24, 2.45) is 5.92 Å². The molecule has 6 heteroatoms. The highest BCUT2D eigenvalue weighted by molar-refractivity contribution is 6.74. The van der Waals surface area contributed by atoms with Gasteiger partial charge in [-0.25, -0.2) is 4.79 Å². The molecular weight excluding hydrogens is 346 g/mol. The molecule has 2 aliphatic rings. The number of aliphatic hydroxyl groups excluding tert-OH is 1. The summed E-state index contributed by atoms with van der Waals surface area (Å²) in [5.41, 5.74) is -0.326. The van der Waals surface area contributed by atoms with Crippen molar-refractivity contribution < 1.29 is 19.1 Å². The zero-order chi connectivity index (χ0) is 19.8. The summed E-state index contributed by atoms with van der Waals surface area (Å²) in [5, 5.41) is 11.1. The van der Waals surface area contributed by atoms with E-state index in [1.165, 1.54) is 7.11 Å². The molecule has 2 aliphatic heterocycles. The van der Waals surface area contributed by atoms with Crippen LogP contribution in [0.1, 0.15) is 66.2 Å². The molecule has 1 amide bonds. The Kier molecular flexibility index (Phi) is 6.51. The van der Waals surface area contributed by atoms with E-state index in [4.69, 9.17) is 9.16 Å². The van der Waals surface area contributed by atoms with Crippen molar-refractivity contribution in [3.63, 3.8) is 0 Å². The summed E-state index contributed by atoms with van der Waals surface area (Å²) in [4.78, 5) is 14.6. The molecule has 0 radical (unpaired) electrons. The number of piperidine rings is 1. The van der Waals surface area contributed by atoms with Crippen molar-refractivity contribution in [1.82, 2.24) is 4.90 Å². The van der Waals surface area contributed by atoms with Crippen LogP contribution in [-0.2, 0) is 9.16 Å². The minimum absolute atomic E-state index is 0.0407. The highest BCUT2D eigenvalue weighted by atomic mass is 28.4. The number of amides is 1. The molecule has 2 bridgehead atoms. The van der Waals surface area contributed by atoms with E-state index in [9.17, 15) is 9.90 Å². The van der Waals surface area contributed by atoms with Gasteiger partial charge in [-0.3, -0.25) is 4.90 Å². The standard InChI is InChI=1S/C20H39NO4Si/c1-8-9-11-20-12-10-15(21(20)18(23)24-5)13-17(22)16(20)14-25-26(6,7)19(2,3)4/h15-17,22H,8-14H2,1-7H3/t15-,16-,17+,20+/m0/s1. The molecule has 4 atom stereocenters. The summed E-state index contributed by atoms with van der Waals surface area (Å²) in [6.45, 7) is 13.9. The van der Waals surface area contributed by atoms with Gasteiger partial charge in [-0.2, -0.15) is 0 Å². The largest absolute Gasteiger partial charge is 0.453 e. The number of fused-ring (bicyclic) bond motifs is 2. The van der Waals surface area contributed by atoms with Gasteiger partial charge < -0.3 is 14.3 Å². The summed E-state index contributed by atoms with van der Waals surface area (Å²) >= 11 is 0. The van der Waals surface area contributed by atoms with Crippen molar-refractivity contribution >= 4 is 14.4 Å². The van der Waals surface area contributed by atoms with Crippen molar-refractivity contribution in [2.45, 2.75) is 102 Å². The number of unbranched alkanes of at least 4 members (excludes halogenated alkanes) is 1. The van der Waals surface area contributed by atoms with E-state index in [0.29, 0.717) is 13.0 Å². The van der Waals surface area contributed by atoms with Gasteiger partial charge in [-0.15, -0.1) is 0 Å². The Hall–Kier alpha value is -0.593. The third-order valence-electron chi connectivity index (χ3n) is 7.19. The zero-order valence-electron chi connectivity index (χ0n) is 17.8. The molecule has 152 valence electrons. The Morgan fingerprint density at radius 3 is 2.54 bits per heavy atom. The number of rotatable bonds is 6. The first kappa shape index (κ1) is 21.7. The Morgan fingerprint density at radius 2 is 2.00 bits per heavy atom. The van der Waals surface area contributed by atoms with Crippen LogP contribution < -0.4 is 0 Å². The summed E-state index contributed by atoms with van der Waals surface area (Å²) in [6, 6.07) is 0.0958. The van der Waals surface area contributed by atoms with E-state index in [0.717, 1.165) is 32.1 Å². The maximum absolute atomic E-state index is 12.6. The average molecular weight is 386 g/mol. The lowest BCUT2D eigenvalue weighted by Crippen LogP contribution is -2.63. The molecule has 0 spiro atoms. The van der Waals surface area contributed by atoms with Gasteiger partial charge in [-0.1, -0.05) is 40.5 Å². The van der Waals surface area contributed by atoms with Gasteiger partial charge >= 0.3 is 6.09 Å². The summed E-state index contributed by atoms with van der Waals surface area (Å²) < 4.78 is 11.7. The van der Waals surface area contributed by atoms with Gasteiger partial charge in [0, 0.05) is 18.6 Å². The van der Waals surface area contributed by atoms with E-state index in [-0.39, 0.29) is 28.6 Å². The quantitative estimate of drug-likeness (QED) is 0.682. The monoisotopic (exact) mass is 385 g/mol. The van der Waals surface area contributed by atoms with E-state index in [2.05, 4.69) is 40.8 Å². The number of hydrogen-bond acceptors (Lipinski definition) is 4. The van der Waals surface area contributed by atoms with Gasteiger partial charge in [0.1, 0.15) is 0 Å². The predicted octanol–water partition coefficient (Wildman–Crippen LogP) is 4.55. The van der Waals surface area contributed by atoms with Crippen LogP contribution in [0.2, 0.25) is 18.1 Å². The number of aliphatic hydroxyl groups is 1. The highest BCUT2D eigenvalue weighted by Gasteiger charge is 2.59. The zero-order valence-corrected chi connectivity index (χ0v) is 18.8. The summed E-state index contributed by atoms with van der Waals surface area (Å²) in [5.74, 6) is -0.0407. The molecule has 0 aliphatic carbocycles. The molecule has 2 heterocycles. The molecule has 2 rings (SSSR count). The molecule has 2 saturated heterocycles. The molecule has 26 heavy (non-hydrogen) atoms. The van der Waals surface area contributed by atoms with Gasteiger partial charge in [0.15, 0.2) is 8.32 Å². The number of methoxy groups -OCH3 is 1. The van der Waals surface area contributed by atoms with Crippen LogP contribution in [0.4, 0.5) is 4.79 Å². The van der Waals surface area contributed by atoms with Crippen molar-refractivity contribution in [3.05, 3.63) is 0 Å². The Balaban J connectivity index is 2.30. The first-order valence-corrected chi connectivity index (χ1v) is 13.1. The smallest absolute Gasteiger partial charge is 0.410 e. The lowest BCUT2D eigenvalue weighted by molar-refractivity contribution is -0.0838. The fourth-order valence-electron chi connectivity index (χ4n) is 4.54. The van der Waals surface area contributed by atoms with Crippen LogP contribution in [0.25, 0.3) is 0 Å². The van der Waals surface area contributed by atoms with Crippen LogP contribution >= 0.6 is 0 Å². The first-order valence-electron chi connectivity index (χ1n) is 10.2. The fraction of sp³-hybridized carbons (Fsp3) is 0.950. The number of ether oxygens (including phenoxy) is 1. The van der Waals surface area contributed by atoms with Crippen LogP contribution in [-0.4, -0.2) is 55.8 Å².